The molecule has 2 N–H and O–H groups in total. The van der Waals surface area contributed by atoms with Crippen molar-refractivity contribution in [3.8, 4) is 12.1 Å². The minimum Gasteiger partial charge on any atom is -0.466 e. The van der Waals surface area contributed by atoms with Crippen molar-refractivity contribution in [3.63, 3.8) is 0 Å². The van der Waals surface area contributed by atoms with Crippen LogP contribution in [0.1, 0.15) is 17.0 Å². The molecule has 0 radical (unpaired) electrons. The Labute approximate surface area is 217 Å². The second-order valence-corrected chi connectivity index (χ2v) is 8.91. The second-order valence-electron chi connectivity index (χ2n) is 6.82. The highest BCUT2D eigenvalue weighted by Gasteiger charge is 2.44. The lowest BCUT2D eigenvalue weighted by atomic mass is 9.80. The number of allylic oxidation sites excluding steroid dienone is 1. The van der Waals surface area contributed by atoms with Crippen LogP contribution in [-0.2, 0) is 19.1 Å². The first-order valence-corrected chi connectivity index (χ1v) is 11.4. The molecule has 1 atom stereocenters. The Morgan fingerprint density at radius 3 is 2.21 bits per heavy atom. The Hall–Kier alpha value is -3.31. The molecule has 0 bridgehead atoms. The van der Waals surface area contributed by atoms with Crippen molar-refractivity contribution in [1.82, 2.24) is 0 Å². The van der Waals surface area contributed by atoms with Crippen molar-refractivity contribution in [2.75, 3.05) is 19.1 Å². The number of halogens is 3. The molecule has 1 aliphatic heterocycles. The van der Waals surface area contributed by atoms with Crippen LogP contribution in [0, 0.1) is 22.7 Å². The van der Waals surface area contributed by atoms with E-state index in [0.717, 1.165) is 19.1 Å². The summed E-state index contributed by atoms with van der Waals surface area (Å²) in [5, 5.41) is 20.0. The van der Waals surface area contributed by atoms with Gasteiger partial charge in [-0.2, -0.15) is 10.5 Å². The predicted octanol–water partition coefficient (Wildman–Crippen LogP) is 4.63. The maximum atomic E-state index is 13.1. The molecule has 3 rings (SSSR count). The summed E-state index contributed by atoms with van der Waals surface area (Å²) in [7, 11) is 2.28. The Morgan fingerprint density at radius 2 is 1.68 bits per heavy atom. The van der Waals surface area contributed by atoms with E-state index in [9.17, 15) is 20.1 Å². The zero-order chi connectivity index (χ0) is 25.2. The Balaban J connectivity index is 2.54. The fourth-order valence-corrected chi connectivity index (χ4v) is 5.18. The monoisotopic (exact) mass is 604 g/mol. The van der Waals surface area contributed by atoms with Gasteiger partial charge in [-0.1, -0.05) is 41.9 Å². The van der Waals surface area contributed by atoms with Gasteiger partial charge in [0.1, 0.15) is 17.6 Å². The Kier molecular flexibility index (Phi) is 7.68. The molecule has 0 amide bonds. The van der Waals surface area contributed by atoms with Crippen molar-refractivity contribution >= 4 is 61.1 Å². The number of esters is 2. The predicted molar refractivity (Wildman–Crippen MR) is 131 cm³/mol. The fourth-order valence-electron chi connectivity index (χ4n) is 3.65. The molecule has 0 aromatic heterocycles. The minimum absolute atomic E-state index is 0.0333. The summed E-state index contributed by atoms with van der Waals surface area (Å²) in [5.41, 5.74) is 6.45. The van der Waals surface area contributed by atoms with Crippen LogP contribution in [0.25, 0.3) is 0 Å². The van der Waals surface area contributed by atoms with Crippen LogP contribution in [0.15, 0.2) is 68.0 Å². The van der Waals surface area contributed by atoms with E-state index in [1.165, 1.54) is 0 Å². The van der Waals surface area contributed by atoms with Crippen molar-refractivity contribution in [1.29, 1.82) is 10.5 Å². The summed E-state index contributed by atoms with van der Waals surface area (Å²) in [6, 6.07) is 14.2. The van der Waals surface area contributed by atoms with Crippen LogP contribution in [0.3, 0.4) is 0 Å². The van der Waals surface area contributed by atoms with E-state index in [2.05, 4.69) is 31.9 Å². The van der Waals surface area contributed by atoms with E-state index in [0.29, 0.717) is 14.5 Å². The van der Waals surface area contributed by atoms with Gasteiger partial charge in [0.15, 0.2) is 0 Å². The number of carbonyl (C=O) groups is 2. The molecule has 172 valence electrons. The minimum atomic E-state index is -1.03. The third-order valence-electron chi connectivity index (χ3n) is 5.09. The molecular weight excluding hydrogens is 592 g/mol. The van der Waals surface area contributed by atoms with Crippen LogP contribution in [0.2, 0.25) is 5.02 Å². The maximum absolute atomic E-state index is 13.1. The maximum Gasteiger partial charge on any atom is 0.355 e. The van der Waals surface area contributed by atoms with Gasteiger partial charge in [0.25, 0.3) is 0 Å². The number of rotatable bonds is 4. The third kappa shape index (κ3) is 4.16. The van der Waals surface area contributed by atoms with E-state index in [1.807, 2.05) is 12.1 Å². The summed E-state index contributed by atoms with van der Waals surface area (Å²) >= 11 is 13.0. The van der Waals surface area contributed by atoms with Crippen LogP contribution >= 0.6 is 43.5 Å². The van der Waals surface area contributed by atoms with Gasteiger partial charge in [0.05, 0.1) is 53.6 Å². The number of methoxy groups -OCH3 is 2. The summed E-state index contributed by atoms with van der Waals surface area (Å²) in [6.07, 6.45) is 0. The van der Waals surface area contributed by atoms with E-state index >= 15 is 0 Å². The van der Waals surface area contributed by atoms with Gasteiger partial charge in [0.2, 0.25) is 0 Å². The molecule has 2 aromatic carbocycles. The standard InChI is InChI=1S/C23H15Br2ClN4O4/c1-33-22(31)17-16(11-6-4-3-5-7-11)12(9-27)21(29)30(20(17)23(32)34-2)19-13(10-28)18(26)14(24)8-15(19)25/h3-8,16H,29H2,1-2H3. The quantitative estimate of drug-likeness (QED) is 0.394. The van der Waals surface area contributed by atoms with Gasteiger partial charge in [0, 0.05) is 8.95 Å². The first-order valence-electron chi connectivity index (χ1n) is 9.46. The van der Waals surface area contributed by atoms with Gasteiger partial charge in [-0.25, -0.2) is 9.59 Å². The zero-order valence-electron chi connectivity index (χ0n) is 17.7. The molecule has 2 aromatic rings. The van der Waals surface area contributed by atoms with Crippen molar-refractivity contribution in [3.05, 3.63) is 84.2 Å². The van der Waals surface area contributed by atoms with E-state index < -0.39 is 17.9 Å². The molecule has 1 aliphatic rings. The summed E-state index contributed by atoms with van der Waals surface area (Å²) in [5.74, 6) is -3.02. The lowest BCUT2D eigenvalue weighted by Crippen LogP contribution is -2.41. The van der Waals surface area contributed by atoms with Crippen LogP contribution in [0.4, 0.5) is 5.69 Å². The molecule has 0 spiro atoms. The fraction of sp³-hybridized carbons (Fsp3) is 0.130. The first kappa shape index (κ1) is 25.3. The molecule has 8 nitrogen and oxygen atoms in total. The van der Waals surface area contributed by atoms with Crippen LogP contribution in [-0.4, -0.2) is 26.2 Å². The number of benzene rings is 2. The molecule has 11 heteroatoms. The summed E-state index contributed by atoms with van der Waals surface area (Å²) in [6.45, 7) is 0. The van der Waals surface area contributed by atoms with Gasteiger partial charge in [-0.05, 0) is 43.5 Å². The number of anilines is 1. The molecule has 0 saturated carbocycles. The van der Waals surface area contributed by atoms with Gasteiger partial charge >= 0.3 is 11.9 Å². The zero-order valence-corrected chi connectivity index (χ0v) is 21.7. The number of carbonyl (C=O) groups excluding carboxylic acids is 2. The highest BCUT2D eigenvalue weighted by atomic mass is 79.9. The molecule has 0 aliphatic carbocycles. The van der Waals surface area contributed by atoms with Crippen molar-refractivity contribution in [2.24, 2.45) is 5.73 Å². The van der Waals surface area contributed by atoms with E-state index in [-0.39, 0.29) is 38.9 Å². The van der Waals surface area contributed by atoms with Crippen molar-refractivity contribution in [2.45, 2.75) is 5.92 Å². The Morgan fingerprint density at radius 1 is 1.06 bits per heavy atom. The average molecular weight is 607 g/mol. The largest absolute Gasteiger partial charge is 0.466 e. The van der Waals surface area contributed by atoms with Gasteiger partial charge in [-0.3, -0.25) is 4.90 Å². The molecular formula is C23H15Br2ClN4O4. The number of hydrogen-bond donors (Lipinski definition) is 1. The highest BCUT2D eigenvalue weighted by Crippen LogP contribution is 2.47. The lowest BCUT2D eigenvalue weighted by molar-refractivity contribution is -0.139. The normalized spacial score (nSPS) is 15.5. The topological polar surface area (TPSA) is 129 Å². The number of nitrogens with zero attached hydrogens (tertiary/aromatic N) is 3. The highest BCUT2D eigenvalue weighted by molar-refractivity contribution is 9.11. The molecule has 1 heterocycles. The van der Waals surface area contributed by atoms with Crippen molar-refractivity contribution < 1.29 is 19.1 Å². The number of nitriles is 2. The third-order valence-corrected chi connectivity index (χ3v) is 6.94. The van der Waals surface area contributed by atoms with E-state index in [1.54, 1.807) is 36.4 Å². The number of hydrogen-bond acceptors (Lipinski definition) is 8. The Bertz CT molecular complexity index is 1340. The first-order chi connectivity index (χ1) is 16.2. The molecule has 0 saturated heterocycles. The molecule has 1 unspecified atom stereocenters. The SMILES string of the molecule is COC(=O)C1=C(C(=O)OC)N(c2c(Br)cc(Br)c(Cl)c2C#N)C(N)=C(C#N)C1c1ccccc1. The van der Waals surface area contributed by atoms with Gasteiger partial charge < -0.3 is 15.2 Å². The number of nitrogens with two attached hydrogens (primary N) is 1. The van der Waals surface area contributed by atoms with Crippen LogP contribution in [0.5, 0.6) is 0 Å². The molecule has 34 heavy (non-hydrogen) atoms. The second kappa shape index (κ2) is 10.3. The van der Waals surface area contributed by atoms with Gasteiger partial charge in [-0.15, -0.1) is 0 Å². The summed E-state index contributed by atoms with van der Waals surface area (Å²) in [4.78, 5) is 27.3. The van der Waals surface area contributed by atoms with E-state index in [4.69, 9.17) is 26.8 Å². The number of ether oxygens (including phenoxy) is 2. The summed E-state index contributed by atoms with van der Waals surface area (Å²) < 4.78 is 10.7. The smallest absolute Gasteiger partial charge is 0.355 e. The van der Waals surface area contributed by atoms with Crippen LogP contribution < -0.4 is 10.6 Å². The lowest BCUT2D eigenvalue weighted by Gasteiger charge is -2.36. The molecule has 0 fully saturated rings. The average Bonchev–Trinajstić information content (AvgIpc) is 2.85.